The van der Waals surface area contributed by atoms with Gasteiger partial charge in [-0.25, -0.2) is 4.39 Å². The largest absolute Gasteiger partial charge is 0.469 e. The Morgan fingerprint density at radius 1 is 1.07 bits per heavy atom. The van der Waals surface area contributed by atoms with E-state index in [9.17, 15) is 9.90 Å². The summed E-state index contributed by atoms with van der Waals surface area (Å²) in [6.07, 6.45) is 14.9. The lowest BCUT2D eigenvalue weighted by Crippen LogP contribution is -2.37. The number of aliphatic hydroxyl groups excluding tert-OH is 1. The smallest absolute Gasteiger partial charge is 0.305 e. The predicted octanol–water partition coefficient (Wildman–Crippen LogP) is 6.82. The molecule has 0 amide bonds. The summed E-state index contributed by atoms with van der Waals surface area (Å²) < 4.78 is 45.2. The van der Waals surface area contributed by atoms with Gasteiger partial charge in [-0.15, -0.1) is 0 Å². The second-order valence-electron chi connectivity index (χ2n) is 12.6. The first-order valence-electron chi connectivity index (χ1n) is 16.0. The Morgan fingerprint density at radius 2 is 1.78 bits per heavy atom. The van der Waals surface area contributed by atoms with E-state index in [-0.39, 0.29) is 42.1 Å². The summed E-state index contributed by atoms with van der Waals surface area (Å²) in [7, 11) is 1.37. The molecule has 3 fully saturated rings. The van der Waals surface area contributed by atoms with Crippen LogP contribution in [-0.4, -0.2) is 68.5 Å². The highest BCUT2D eigenvalue weighted by molar-refractivity contribution is 5.69. The second-order valence-corrected chi connectivity index (χ2v) is 12.6. The van der Waals surface area contributed by atoms with E-state index in [4.69, 9.17) is 18.9 Å². The number of carbonyl (C=O) groups excluding carboxylic acids is 1. The van der Waals surface area contributed by atoms with Crippen LogP contribution in [0, 0.1) is 17.3 Å². The van der Waals surface area contributed by atoms with Gasteiger partial charge in [0.15, 0.2) is 12.6 Å². The van der Waals surface area contributed by atoms with Gasteiger partial charge in [0.1, 0.15) is 6.17 Å². The van der Waals surface area contributed by atoms with Crippen molar-refractivity contribution in [1.82, 2.24) is 0 Å². The highest BCUT2D eigenvalue weighted by Gasteiger charge is 2.47. The molecule has 41 heavy (non-hydrogen) atoms. The molecule has 0 aromatic carbocycles. The first-order chi connectivity index (χ1) is 19.7. The SMILES string of the molecule is CCCCC(C)(C)[C@@H](/C=C/[C@@H]1[C@@H]([C@H](F)/C=C\CCCC(=O)OC)[C@@H](O)C[C@H]1OC1CCCCO1)OC1CCCCO1. The molecule has 0 aromatic rings. The van der Waals surface area contributed by atoms with Crippen molar-refractivity contribution < 1.29 is 38.0 Å². The number of carbonyl (C=O) groups is 1. The summed E-state index contributed by atoms with van der Waals surface area (Å²) in [5.41, 5.74) is -0.141. The minimum absolute atomic E-state index is 0.141. The third-order valence-corrected chi connectivity index (χ3v) is 8.81. The molecule has 8 heteroatoms. The van der Waals surface area contributed by atoms with Crippen molar-refractivity contribution in [2.24, 2.45) is 17.3 Å². The molecule has 2 heterocycles. The number of methoxy groups -OCH3 is 1. The minimum Gasteiger partial charge on any atom is -0.469 e. The van der Waals surface area contributed by atoms with E-state index in [0.717, 1.165) is 57.8 Å². The second kappa shape index (κ2) is 17.7. The molecule has 2 unspecified atom stereocenters. The minimum atomic E-state index is -1.35. The van der Waals surface area contributed by atoms with Gasteiger partial charge in [0.05, 0.1) is 25.4 Å². The third kappa shape index (κ3) is 11.0. The van der Waals surface area contributed by atoms with Gasteiger partial charge in [0, 0.05) is 37.9 Å². The van der Waals surface area contributed by atoms with Gasteiger partial charge in [-0.3, -0.25) is 4.79 Å². The molecule has 0 aromatic heterocycles. The zero-order valence-electron chi connectivity index (χ0n) is 25.8. The summed E-state index contributed by atoms with van der Waals surface area (Å²) >= 11 is 0. The van der Waals surface area contributed by atoms with Crippen LogP contribution in [0.1, 0.15) is 104 Å². The number of hydrogen-bond donors (Lipinski definition) is 1. The number of unbranched alkanes of at least 4 members (excludes halogenated alkanes) is 2. The zero-order valence-corrected chi connectivity index (χ0v) is 25.8. The molecule has 0 bridgehead atoms. The molecule has 0 radical (unpaired) electrons. The Hall–Kier alpha value is -1.32. The number of ether oxygens (including phenoxy) is 5. The van der Waals surface area contributed by atoms with Crippen LogP contribution >= 0.6 is 0 Å². The Labute approximate surface area is 247 Å². The summed E-state index contributed by atoms with van der Waals surface area (Å²) in [6, 6.07) is 0. The van der Waals surface area contributed by atoms with Crippen LogP contribution in [0.5, 0.6) is 0 Å². The normalized spacial score (nSPS) is 31.1. The highest BCUT2D eigenvalue weighted by atomic mass is 19.1. The first-order valence-corrected chi connectivity index (χ1v) is 16.0. The van der Waals surface area contributed by atoms with Gasteiger partial charge in [0.25, 0.3) is 0 Å². The van der Waals surface area contributed by atoms with Crippen LogP contribution in [0.3, 0.4) is 0 Å². The molecule has 1 saturated carbocycles. The van der Waals surface area contributed by atoms with Gasteiger partial charge in [-0.05, 0) is 63.2 Å². The average molecular weight is 583 g/mol. The molecular weight excluding hydrogens is 527 g/mol. The predicted molar refractivity (Wildman–Crippen MR) is 157 cm³/mol. The lowest BCUT2D eigenvalue weighted by Gasteiger charge is -2.37. The lowest BCUT2D eigenvalue weighted by atomic mass is 9.80. The Bertz CT molecular complexity index is 803. The van der Waals surface area contributed by atoms with E-state index in [1.54, 1.807) is 6.08 Å². The summed E-state index contributed by atoms with van der Waals surface area (Å²) in [4.78, 5) is 11.4. The topological polar surface area (TPSA) is 83.5 Å². The quantitative estimate of drug-likeness (QED) is 0.121. The Morgan fingerprint density at radius 3 is 2.41 bits per heavy atom. The van der Waals surface area contributed by atoms with E-state index in [0.29, 0.717) is 38.9 Å². The van der Waals surface area contributed by atoms with Crippen molar-refractivity contribution in [1.29, 1.82) is 0 Å². The molecule has 3 aliphatic rings. The summed E-state index contributed by atoms with van der Waals surface area (Å²) in [5.74, 6) is -1.26. The van der Waals surface area contributed by atoms with Crippen LogP contribution in [0.2, 0.25) is 0 Å². The molecule has 1 N–H and O–H groups in total. The maximum atomic E-state index is 15.8. The van der Waals surface area contributed by atoms with Gasteiger partial charge in [0.2, 0.25) is 0 Å². The number of rotatable bonds is 16. The Kier molecular flexibility index (Phi) is 14.8. The average Bonchev–Trinajstić information content (AvgIpc) is 3.28. The van der Waals surface area contributed by atoms with Gasteiger partial charge >= 0.3 is 5.97 Å². The summed E-state index contributed by atoms with van der Waals surface area (Å²) in [6.45, 7) is 8.00. The lowest BCUT2D eigenvalue weighted by molar-refractivity contribution is -0.198. The van der Waals surface area contributed by atoms with Crippen LogP contribution in [0.15, 0.2) is 24.3 Å². The van der Waals surface area contributed by atoms with E-state index >= 15 is 4.39 Å². The zero-order chi connectivity index (χ0) is 29.7. The van der Waals surface area contributed by atoms with E-state index in [2.05, 4.69) is 31.6 Å². The van der Waals surface area contributed by atoms with Crippen molar-refractivity contribution in [2.75, 3.05) is 20.3 Å². The number of halogens is 1. The molecule has 2 aliphatic heterocycles. The standard InChI is InChI=1S/C33H55FO7/c1-5-6-20-33(2,3)28(41-31-17-11-13-22-39-31)19-18-24-27(40-30-16-10-12-21-38-30)23-26(35)32(24)25(34)14-8-7-9-15-29(36)37-4/h8,14,18-19,24-28,30-32,35H,5-7,9-13,15-17,20-23H2,1-4H3/b14-8-,19-18+/t24-,25+,26-,27+,28+,30?,31?,32-/m0/s1. The fourth-order valence-electron chi connectivity index (χ4n) is 6.19. The highest BCUT2D eigenvalue weighted by Crippen LogP contribution is 2.42. The van der Waals surface area contributed by atoms with Crippen molar-refractivity contribution >= 4 is 5.97 Å². The number of esters is 1. The number of allylic oxidation sites excluding steroid dienone is 2. The number of aliphatic hydroxyl groups is 1. The molecule has 3 rings (SSSR count). The van der Waals surface area contributed by atoms with Crippen molar-refractivity contribution in [3.05, 3.63) is 24.3 Å². The molecule has 0 spiro atoms. The monoisotopic (exact) mass is 582 g/mol. The third-order valence-electron chi connectivity index (χ3n) is 8.81. The molecule has 236 valence electrons. The number of alkyl halides is 1. The van der Waals surface area contributed by atoms with E-state index in [1.807, 2.05) is 6.08 Å². The van der Waals surface area contributed by atoms with Crippen LogP contribution in [0.4, 0.5) is 4.39 Å². The maximum absolute atomic E-state index is 15.8. The van der Waals surface area contributed by atoms with Crippen LogP contribution < -0.4 is 0 Å². The molecule has 2 saturated heterocycles. The van der Waals surface area contributed by atoms with Crippen molar-refractivity contribution in [3.63, 3.8) is 0 Å². The molecular formula is C33H55FO7. The Balaban J connectivity index is 1.79. The first kappa shape index (κ1) is 34.2. The fraction of sp³-hybridized carbons (Fsp3) is 0.848. The van der Waals surface area contributed by atoms with Gasteiger partial charge in [-0.1, -0.05) is 57.9 Å². The fourth-order valence-corrected chi connectivity index (χ4v) is 6.19. The van der Waals surface area contributed by atoms with Crippen molar-refractivity contribution in [2.45, 2.75) is 141 Å². The number of hydrogen-bond acceptors (Lipinski definition) is 7. The van der Waals surface area contributed by atoms with Gasteiger partial charge < -0.3 is 28.8 Å². The van der Waals surface area contributed by atoms with Crippen LogP contribution in [-0.2, 0) is 28.5 Å². The van der Waals surface area contributed by atoms with E-state index < -0.39 is 18.2 Å². The summed E-state index contributed by atoms with van der Waals surface area (Å²) in [5, 5.41) is 11.1. The van der Waals surface area contributed by atoms with Crippen molar-refractivity contribution in [3.8, 4) is 0 Å². The van der Waals surface area contributed by atoms with E-state index in [1.165, 1.54) is 13.2 Å². The van der Waals surface area contributed by atoms with Gasteiger partial charge in [-0.2, -0.15) is 0 Å². The molecule has 8 atom stereocenters. The molecule has 1 aliphatic carbocycles. The maximum Gasteiger partial charge on any atom is 0.305 e. The van der Waals surface area contributed by atoms with Crippen LogP contribution in [0.25, 0.3) is 0 Å². The molecule has 7 nitrogen and oxygen atoms in total.